The molecule has 0 aromatic carbocycles. The summed E-state index contributed by atoms with van der Waals surface area (Å²) in [7, 11) is 0. The molecule has 0 N–H and O–H groups in total. The van der Waals surface area contributed by atoms with Crippen LogP contribution in [-0.2, 0) is 11.3 Å². The first-order chi connectivity index (χ1) is 8.81. The van der Waals surface area contributed by atoms with Crippen LogP contribution in [0.5, 0.6) is 0 Å². The number of piperazine rings is 1. The van der Waals surface area contributed by atoms with Crippen LogP contribution in [0.15, 0.2) is 12.1 Å². The highest BCUT2D eigenvalue weighted by molar-refractivity contribution is 6.29. The van der Waals surface area contributed by atoms with Crippen LogP contribution in [0.25, 0.3) is 0 Å². The standard InChI is InChI=1S/C12H17ClN4O/c13-12-2-1-10(14-15-12)7-16-3-5-17(6-4-16)11-8-18-9-11/h1-2,11H,3-9H2. The van der Waals surface area contributed by atoms with Gasteiger partial charge >= 0.3 is 0 Å². The SMILES string of the molecule is Clc1ccc(CN2CCN(C3COC3)CC2)nn1. The molecule has 2 saturated heterocycles. The Labute approximate surface area is 112 Å². The van der Waals surface area contributed by atoms with Crippen molar-refractivity contribution in [1.29, 1.82) is 0 Å². The Hall–Kier alpha value is -0.750. The zero-order valence-corrected chi connectivity index (χ0v) is 11.0. The van der Waals surface area contributed by atoms with E-state index in [9.17, 15) is 0 Å². The van der Waals surface area contributed by atoms with Crippen molar-refractivity contribution < 1.29 is 4.74 Å². The van der Waals surface area contributed by atoms with Crippen molar-refractivity contribution in [3.8, 4) is 0 Å². The highest BCUT2D eigenvalue weighted by atomic mass is 35.5. The summed E-state index contributed by atoms with van der Waals surface area (Å²) in [6, 6.07) is 4.40. The maximum absolute atomic E-state index is 5.73. The molecule has 0 spiro atoms. The van der Waals surface area contributed by atoms with Gasteiger partial charge in [-0.25, -0.2) is 0 Å². The molecule has 2 aliphatic rings. The quantitative estimate of drug-likeness (QED) is 0.805. The molecule has 3 heterocycles. The average Bonchev–Trinajstić information content (AvgIpc) is 2.32. The summed E-state index contributed by atoms with van der Waals surface area (Å²) < 4.78 is 5.24. The number of hydrogen-bond acceptors (Lipinski definition) is 5. The van der Waals surface area contributed by atoms with Gasteiger partial charge in [-0.15, -0.1) is 5.10 Å². The molecule has 98 valence electrons. The van der Waals surface area contributed by atoms with E-state index in [1.807, 2.05) is 6.07 Å². The highest BCUT2D eigenvalue weighted by Gasteiger charge is 2.28. The van der Waals surface area contributed by atoms with Gasteiger partial charge in [-0.1, -0.05) is 11.6 Å². The summed E-state index contributed by atoms with van der Waals surface area (Å²) in [5.74, 6) is 0. The lowest BCUT2D eigenvalue weighted by Gasteiger charge is -2.42. The number of aromatic nitrogens is 2. The highest BCUT2D eigenvalue weighted by Crippen LogP contribution is 2.14. The van der Waals surface area contributed by atoms with Crippen LogP contribution < -0.4 is 0 Å². The van der Waals surface area contributed by atoms with Gasteiger partial charge in [0.15, 0.2) is 5.15 Å². The number of halogens is 1. The van der Waals surface area contributed by atoms with E-state index >= 15 is 0 Å². The van der Waals surface area contributed by atoms with Crippen molar-refractivity contribution in [2.75, 3.05) is 39.4 Å². The van der Waals surface area contributed by atoms with Crippen LogP contribution in [0.1, 0.15) is 5.69 Å². The maximum atomic E-state index is 5.73. The topological polar surface area (TPSA) is 41.5 Å². The average molecular weight is 269 g/mol. The molecule has 18 heavy (non-hydrogen) atoms. The second-order valence-electron chi connectivity index (χ2n) is 4.85. The van der Waals surface area contributed by atoms with Crippen molar-refractivity contribution in [1.82, 2.24) is 20.0 Å². The third-order valence-corrected chi connectivity index (χ3v) is 3.82. The predicted octanol–water partition coefficient (Wildman–Crippen LogP) is 0.646. The van der Waals surface area contributed by atoms with E-state index in [-0.39, 0.29) is 0 Å². The molecule has 0 bridgehead atoms. The van der Waals surface area contributed by atoms with E-state index in [2.05, 4.69) is 20.0 Å². The van der Waals surface area contributed by atoms with E-state index in [0.29, 0.717) is 11.2 Å². The Kier molecular flexibility index (Phi) is 3.75. The summed E-state index contributed by atoms with van der Waals surface area (Å²) in [5.41, 5.74) is 0.986. The Bertz CT molecular complexity index is 388. The molecular weight excluding hydrogens is 252 g/mol. The Morgan fingerprint density at radius 1 is 1.17 bits per heavy atom. The summed E-state index contributed by atoms with van der Waals surface area (Å²) in [4.78, 5) is 4.93. The van der Waals surface area contributed by atoms with Crippen LogP contribution in [0.3, 0.4) is 0 Å². The van der Waals surface area contributed by atoms with Gasteiger partial charge in [0.05, 0.1) is 24.9 Å². The smallest absolute Gasteiger partial charge is 0.151 e. The van der Waals surface area contributed by atoms with Gasteiger partial charge in [0.2, 0.25) is 0 Å². The lowest BCUT2D eigenvalue weighted by atomic mass is 10.2. The first kappa shape index (κ1) is 12.3. The van der Waals surface area contributed by atoms with Crippen molar-refractivity contribution in [2.45, 2.75) is 12.6 Å². The molecule has 0 atom stereocenters. The van der Waals surface area contributed by atoms with Crippen molar-refractivity contribution in [2.24, 2.45) is 0 Å². The summed E-state index contributed by atoms with van der Waals surface area (Å²) in [6.45, 7) is 7.08. The van der Waals surface area contributed by atoms with Crippen molar-refractivity contribution >= 4 is 11.6 Å². The zero-order valence-electron chi connectivity index (χ0n) is 10.3. The molecule has 0 radical (unpaired) electrons. The summed E-state index contributed by atoms with van der Waals surface area (Å²) in [6.07, 6.45) is 0. The molecular formula is C12H17ClN4O. The molecule has 2 aliphatic heterocycles. The minimum Gasteiger partial charge on any atom is -0.378 e. The van der Waals surface area contributed by atoms with Crippen LogP contribution >= 0.6 is 11.6 Å². The molecule has 6 heteroatoms. The third kappa shape index (κ3) is 2.80. The van der Waals surface area contributed by atoms with Gasteiger partial charge in [0.25, 0.3) is 0 Å². The number of ether oxygens (including phenoxy) is 1. The molecule has 2 fully saturated rings. The van der Waals surface area contributed by atoms with Gasteiger partial charge in [0, 0.05) is 32.7 Å². The fourth-order valence-electron chi connectivity index (χ4n) is 2.38. The van der Waals surface area contributed by atoms with E-state index in [4.69, 9.17) is 16.3 Å². The van der Waals surface area contributed by atoms with E-state index < -0.39 is 0 Å². The number of hydrogen-bond donors (Lipinski definition) is 0. The summed E-state index contributed by atoms with van der Waals surface area (Å²) >= 11 is 5.73. The molecule has 0 unspecified atom stereocenters. The largest absolute Gasteiger partial charge is 0.378 e. The fraction of sp³-hybridized carbons (Fsp3) is 0.667. The Morgan fingerprint density at radius 2 is 1.94 bits per heavy atom. The first-order valence-electron chi connectivity index (χ1n) is 6.33. The van der Waals surface area contributed by atoms with Gasteiger partial charge in [-0.2, -0.15) is 5.10 Å². The van der Waals surface area contributed by atoms with Crippen LogP contribution in [0.4, 0.5) is 0 Å². The fourth-order valence-corrected chi connectivity index (χ4v) is 2.48. The second-order valence-corrected chi connectivity index (χ2v) is 5.24. The predicted molar refractivity (Wildman–Crippen MR) is 68.5 cm³/mol. The van der Waals surface area contributed by atoms with E-state index in [0.717, 1.165) is 51.6 Å². The zero-order chi connectivity index (χ0) is 12.4. The number of rotatable bonds is 3. The summed E-state index contributed by atoms with van der Waals surface area (Å²) in [5, 5.41) is 8.42. The van der Waals surface area contributed by atoms with E-state index in [1.165, 1.54) is 0 Å². The van der Waals surface area contributed by atoms with Crippen LogP contribution in [-0.4, -0.2) is 65.4 Å². The molecule has 0 saturated carbocycles. The lowest BCUT2D eigenvalue weighted by Crippen LogP contribution is -2.56. The Morgan fingerprint density at radius 3 is 2.50 bits per heavy atom. The van der Waals surface area contributed by atoms with Crippen LogP contribution in [0.2, 0.25) is 5.15 Å². The molecule has 3 rings (SSSR count). The minimum atomic E-state index is 0.452. The first-order valence-corrected chi connectivity index (χ1v) is 6.71. The van der Waals surface area contributed by atoms with Gasteiger partial charge in [0.1, 0.15) is 0 Å². The van der Waals surface area contributed by atoms with Gasteiger partial charge < -0.3 is 4.74 Å². The lowest BCUT2D eigenvalue weighted by molar-refractivity contribution is -0.0774. The molecule has 1 aromatic heterocycles. The molecule has 5 nitrogen and oxygen atoms in total. The van der Waals surface area contributed by atoms with E-state index in [1.54, 1.807) is 6.07 Å². The number of nitrogens with zero attached hydrogens (tertiary/aromatic N) is 4. The Balaban J connectivity index is 1.48. The van der Waals surface area contributed by atoms with Gasteiger partial charge in [-0.05, 0) is 12.1 Å². The van der Waals surface area contributed by atoms with Gasteiger partial charge in [-0.3, -0.25) is 9.80 Å². The van der Waals surface area contributed by atoms with Crippen molar-refractivity contribution in [3.05, 3.63) is 23.0 Å². The van der Waals surface area contributed by atoms with Crippen molar-refractivity contribution in [3.63, 3.8) is 0 Å². The minimum absolute atomic E-state index is 0.452. The second kappa shape index (κ2) is 5.48. The molecule has 0 amide bonds. The maximum Gasteiger partial charge on any atom is 0.151 e. The monoisotopic (exact) mass is 268 g/mol. The normalized spacial score (nSPS) is 22.9. The molecule has 0 aliphatic carbocycles. The molecule has 1 aromatic rings. The third-order valence-electron chi connectivity index (χ3n) is 3.62. The van der Waals surface area contributed by atoms with Crippen LogP contribution in [0, 0.1) is 0 Å².